The van der Waals surface area contributed by atoms with E-state index in [0.29, 0.717) is 0 Å². The first kappa shape index (κ1) is 12.5. The molecule has 4 rings (SSSR count). The maximum atomic E-state index is 4.76. The van der Waals surface area contributed by atoms with Crippen molar-refractivity contribution in [2.45, 2.75) is 50.1 Å². The van der Waals surface area contributed by atoms with Crippen LogP contribution in [0.3, 0.4) is 0 Å². The summed E-state index contributed by atoms with van der Waals surface area (Å²) in [6, 6.07) is 11.7. The minimum Gasteiger partial charge on any atom is -0.309 e. The van der Waals surface area contributed by atoms with Gasteiger partial charge < -0.3 is 5.32 Å². The zero-order valence-electron chi connectivity index (χ0n) is 11.6. The maximum Gasteiger partial charge on any atom is 0.103 e. The SMILES string of the molecule is c1ccc(C2(c3ncc(CNC4CC4)s3)CCC2)cc1. The number of nitrogens with zero attached hydrogens (tertiary/aromatic N) is 1. The predicted molar refractivity (Wildman–Crippen MR) is 83.0 cm³/mol. The molecule has 0 saturated heterocycles. The third-order valence-electron chi connectivity index (χ3n) is 4.64. The fourth-order valence-electron chi connectivity index (χ4n) is 3.06. The lowest BCUT2D eigenvalue weighted by atomic mass is 9.65. The molecule has 2 aliphatic rings. The normalized spacial score (nSPS) is 20.6. The highest BCUT2D eigenvalue weighted by molar-refractivity contribution is 7.11. The van der Waals surface area contributed by atoms with Crippen LogP contribution < -0.4 is 5.32 Å². The molecule has 2 aromatic rings. The van der Waals surface area contributed by atoms with E-state index in [0.717, 1.165) is 12.6 Å². The van der Waals surface area contributed by atoms with E-state index in [1.807, 2.05) is 11.3 Å². The second kappa shape index (κ2) is 4.97. The van der Waals surface area contributed by atoms with Crippen LogP contribution in [0.2, 0.25) is 0 Å². The van der Waals surface area contributed by atoms with Crippen LogP contribution in [0.5, 0.6) is 0 Å². The molecular weight excluding hydrogens is 264 g/mol. The molecule has 1 aromatic heterocycles. The molecular formula is C17H20N2S. The smallest absolute Gasteiger partial charge is 0.103 e. The van der Waals surface area contributed by atoms with Gasteiger partial charge in [0.25, 0.3) is 0 Å². The zero-order valence-corrected chi connectivity index (χ0v) is 12.5. The maximum absolute atomic E-state index is 4.76. The molecule has 2 aliphatic carbocycles. The third-order valence-corrected chi connectivity index (χ3v) is 5.84. The van der Waals surface area contributed by atoms with Crippen molar-refractivity contribution in [3.63, 3.8) is 0 Å². The molecule has 1 N–H and O–H groups in total. The Balaban J connectivity index is 1.58. The number of nitrogens with one attached hydrogen (secondary N) is 1. The van der Waals surface area contributed by atoms with E-state index in [2.05, 4.69) is 41.8 Å². The van der Waals surface area contributed by atoms with Crippen molar-refractivity contribution >= 4 is 11.3 Å². The van der Waals surface area contributed by atoms with Crippen LogP contribution in [0, 0.1) is 0 Å². The highest BCUT2D eigenvalue weighted by Crippen LogP contribution is 2.50. The van der Waals surface area contributed by atoms with Gasteiger partial charge in [-0.2, -0.15) is 0 Å². The fourth-order valence-corrected chi connectivity index (χ4v) is 4.19. The molecule has 0 bridgehead atoms. The summed E-state index contributed by atoms with van der Waals surface area (Å²) in [6.45, 7) is 0.993. The van der Waals surface area contributed by atoms with Gasteiger partial charge >= 0.3 is 0 Å². The van der Waals surface area contributed by atoms with E-state index in [4.69, 9.17) is 4.98 Å². The van der Waals surface area contributed by atoms with E-state index < -0.39 is 0 Å². The first-order valence-corrected chi connectivity index (χ1v) is 8.43. The number of hydrogen-bond donors (Lipinski definition) is 1. The summed E-state index contributed by atoms with van der Waals surface area (Å²) in [4.78, 5) is 6.15. The zero-order chi connectivity index (χ0) is 13.4. The van der Waals surface area contributed by atoms with Crippen molar-refractivity contribution in [3.8, 4) is 0 Å². The third kappa shape index (κ3) is 2.19. The minimum atomic E-state index is 0.212. The summed E-state index contributed by atoms with van der Waals surface area (Å²) in [6.07, 6.45) is 8.60. The van der Waals surface area contributed by atoms with Gasteiger partial charge in [0.1, 0.15) is 5.01 Å². The lowest BCUT2D eigenvalue weighted by Gasteiger charge is -2.40. The molecule has 20 heavy (non-hydrogen) atoms. The van der Waals surface area contributed by atoms with Crippen molar-refractivity contribution in [2.75, 3.05) is 0 Å². The van der Waals surface area contributed by atoms with Crippen molar-refractivity contribution in [1.29, 1.82) is 0 Å². The van der Waals surface area contributed by atoms with E-state index >= 15 is 0 Å². The molecule has 1 aromatic carbocycles. The first-order chi connectivity index (χ1) is 9.87. The molecule has 1 heterocycles. The lowest BCUT2D eigenvalue weighted by Crippen LogP contribution is -2.35. The van der Waals surface area contributed by atoms with Gasteiger partial charge in [0, 0.05) is 29.1 Å². The summed E-state index contributed by atoms with van der Waals surface area (Å²) in [5.41, 5.74) is 1.66. The summed E-state index contributed by atoms with van der Waals surface area (Å²) < 4.78 is 0. The Morgan fingerprint density at radius 2 is 2.00 bits per heavy atom. The Hall–Kier alpha value is -1.19. The van der Waals surface area contributed by atoms with Crippen LogP contribution in [-0.4, -0.2) is 11.0 Å². The Morgan fingerprint density at radius 3 is 2.65 bits per heavy atom. The van der Waals surface area contributed by atoms with Crippen molar-refractivity contribution < 1.29 is 0 Å². The highest BCUT2D eigenvalue weighted by atomic mass is 32.1. The molecule has 104 valence electrons. The largest absolute Gasteiger partial charge is 0.309 e. The number of rotatable bonds is 5. The van der Waals surface area contributed by atoms with Crippen molar-refractivity contribution in [2.24, 2.45) is 0 Å². The monoisotopic (exact) mass is 284 g/mol. The summed E-state index contributed by atoms with van der Waals surface area (Å²) in [5, 5.41) is 4.91. The van der Waals surface area contributed by atoms with Crippen molar-refractivity contribution in [3.05, 3.63) is 52.0 Å². The number of thiazole rings is 1. The number of benzene rings is 1. The van der Waals surface area contributed by atoms with Crippen LogP contribution in [0.15, 0.2) is 36.5 Å². The Morgan fingerprint density at radius 1 is 1.20 bits per heavy atom. The van der Waals surface area contributed by atoms with Gasteiger partial charge in [-0.25, -0.2) is 4.98 Å². The van der Waals surface area contributed by atoms with Crippen LogP contribution in [0.4, 0.5) is 0 Å². The first-order valence-electron chi connectivity index (χ1n) is 7.61. The van der Waals surface area contributed by atoms with Gasteiger partial charge in [0.15, 0.2) is 0 Å². The molecule has 0 aliphatic heterocycles. The van der Waals surface area contributed by atoms with Gasteiger partial charge in [-0.05, 0) is 31.2 Å². The van der Waals surface area contributed by atoms with Gasteiger partial charge in [-0.15, -0.1) is 11.3 Å². The van der Waals surface area contributed by atoms with Gasteiger partial charge in [0.2, 0.25) is 0 Å². The van der Waals surface area contributed by atoms with Crippen molar-refractivity contribution in [1.82, 2.24) is 10.3 Å². The van der Waals surface area contributed by atoms with E-state index in [1.165, 1.54) is 47.6 Å². The average Bonchev–Trinajstić information content (AvgIpc) is 3.15. The summed E-state index contributed by atoms with van der Waals surface area (Å²) >= 11 is 1.91. The van der Waals surface area contributed by atoms with Crippen LogP contribution in [0.25, 0.3) is 0 Å². The van der Waals surface area contributed by atoms with Gasteiger partial charge in [-0.3, -0.25) is 0 Å². The van der Waals surface area contributed by atoms with Crippen LogP contribution >= 0.6 is 11.3 Å². The molecule has 0 atom stereocenters. The molecule has 2 nitrogen and oxygen atoms in total. The molecule has 3 heteroatoms. The van der Waals surface area contributed by atoms with E-state index in [1.54, 1.807) is 0 Å². The molecule has 2 fully saturated rings. The average molecular weight is 284 g/mol. The summed E-state index contributed by atoms with van der Waals surface area (Å²) in [5.74, 6) is 0. The van der Waals surface area contributed by atoms with E-state index in [-0.39, 0.29) is 5.41 Å². The second-order valence-corrected chi connectivity index (χ2v) is 7.20. The fraction of sp³-hybridized carbons (Fsp3) is 0.471. The van der Waals surface area contributed by atoms with E-state index in [9.17, 15) is 0 Å². The van der Waals surface area contributed by atoms with Crippen LogP contribution in [-0.2, 0) is 12.0 Å². The predicted octanol–water partition coefficient (Wildman–Crippen LogP) is 3.87. The van der Waals surface area contributed by atoms with Gasteiger partial charge in [-0.1, -0.05) is 36.8 Å². The standard InChI is InChI=1S/C17H20N2S/c1-2-5-13(6-3-1)17(9-4-10-17)16-19-12-15(20-16)11-18-14-7-8-14/h1-3,5-6,12,14,18H,4,7-11H2. The van der Waals surface area contributed by atoms with Crippen LogP contribution in [0.1, 0.15) is 47.6 Å². The molecule has 0 amide bonds. The van der Waals surface area contributed by atoms with Gasteiger partial charge in [0.05, 0.1) is 0 Å². The number of hydrogen-bond acceptors (Lipinski definition) is 3. The minimum absolute atomic E-state index is 0.212. The quantitative estimate of drug-likeness (QED) is 0.901. The lowest BCUT2D eigenvalue weighted by molar-refractivity contribution is 0.300. The number of aromatic nitrogens is 1. The molecule has 0 radical (unpaired) electrons. The Labute approximate surface area is 124 Å². The Bertz CT molecular complexity index is 582. The summed E-state index contributed by atoms with van der Waals surface area (Å²) in [7, 11) is 0. The molecule has 2 saturated carbocycles. The topological polar surface area (TPSA) is 24.9 Å². The molecule has 0 unspecified atom stereocenters. The second-order valence-electron chi connectivity index (χ2n) is 6.09. The molecule has 0 spiro atoms. The highest BCUT2D eigenvalue weighted by Gasteiger charge is 2.42. The Kier molecular flexibility index (Phi) is 3.12.